The molecule has 25 heavy (non-hydrogen) atoms. The molecule has 4 nitrogen and oxygen atoms in total. The molecule has 1 fully saturated rings. The molecule has 1 aliphatic heterocycles. The second-order valence-electron chi connectivity index (χ2n) is 5.22. The maximum Gasteiger partial charge on any atom is 0.295 e. The molecule has 1 aliphatic rings. The van der Waals surface area contributed by atoms with E-state index in [0.29, 0.717) is 4.91 Å². The van der Waals surface area contributed by atoms with Gasteiger partial charge in [0.1, 0.15) is 0 Å². The Hall–Kier alpha value is -1.45. The van der Waals surface area contributed by atoms with Gasteiger partial charge >= 0.3 is 0 Å². The number of imide groups is 1. The minimum atomic E-state index is -0.262. The predicted octanol–water partition coefficient (Wildman–Crippen LogP) is 5.12. The number of rotatable bonds is 5. The maximum atomic E-state index is 12.5. The molecule has 7 heteroatoms. The van der Waals surface area contributed by atoms with Crippen LogP contribution in [0.1, 0.15) is 5.56 Å². The topological polar surface area (TPSA) is 49.4 Å². The van der Waals surface area contributed by atoms with Crippen LogP contribution < -0.4 is 5.32 Å². The molecule has 2 aromatic carbocycles. The number of hydrogen-bond donors (Lipinski definition) is 1. The number of nitrogens with zero attached hydrogens (tertiary/aromatic N) is 1. The van der Waals surface area contributed by atoms with Crippen LogP contribution in [-0.4, -0.2) is 29.0 Å². The lowest BCUT2D eigenvalue weighted by Crippen LogP contribution is -2.33. The van der Waals surface area contributed by atoms with Crippen molar-refractivity contribution < 1.29 is 9.59 Å². The van der Waals surface area contributed by atoms with E-state index < -0.39 is 0 Å². The smallest absolute Gasteiger partial charge is 0.295 e. The second-order valence-corrected chi connectivity index (χ2v) is 8.34. The molecule has 1 N–H and O–H groups in total. The lowest BCUT2D eigenvalue weighted by Gasteiger charge is -2.14. The predicted molar refractivity (Wildman–Crippen MR) is 114 cm³/mol. The molecule has 0 radical (unpaired) electrons. The normalized spacial score (nSPS) is 15.9. The monoisotopic (exact) mass is 482 g/mol. The highest BCUT2D eigenvalue weighted by Crippen LogP contribution is 2.32. The van der Waals surface area contributed by atoms with Crippen LogP contribution in [0.25, 0.3) is 6.08 Å². The Morgan fingerprint density at radius 2 is 1.80 bits per heavy atom. The lowest BCUT2D eigenvalue weighted by atomic mass is 10.2. The highest BCUT2D eigenvalue weighted by Gasteiger charge is 2.34. The van der Waals surface area contributed by atoms with Crippen molar-refractivity contribution in [2.24, 2.45) is 0 Å². The van der Waals surface area contributed by atoms with Crippen molar-refractivity contribution in [1.29, 1.82) is 0 Å². The van der Waals surface area contributed by atoms with Crippen molar-refractivity contribution in [2.45, 2.75) is 4.90 Å². The summed E-state index contributed by atoms with van der Waals surface area (Å²) in [5.41, 5.74) is 1.78. The van der Waals surface area contributed by atoms with E-state index >= 15 is 0 Å². The molecule has 0 aromatic heterocycles. The average Bonchev–Trinajstić information content (AvgIpc) is 2.89. The molecular weight excluding hydrogens is 467 g/mol. The molecule has 3 rings (SSSR count). The standard InChI is InChI=1S/C18H15IN2O2S2/c1-24-15-8-2-12(3-9-15)10-16-17(22)21(18(23)25-16)11-20-14-6-4-13(19)5-7-14/h2-10,20H,11H2,1H3/b16-10+. The number of benzene rings is 2. The van der Waals surface area contributed by atoms with Crippen molar-refractivity contribution in [3.8, 4) is 0 Å². The first-order valence-electron chi connectivity index (χ1n) is 7.45. The van der Waals surface area contributed by atoms with Crippen LogP contribution in [0.15, 0.2) is 58.3 Å². The maximum absolute atomic E-state index is 12.5. The van der Waals surface area contributed by atoms with Gasteiger partial charge in [-0.25, -0.2) is 0 Å². The number of hydrogen-bond acceptors (Lipinski definition) is 5. The summed E-state index contributed by atoms with van der Waals surface area (Å²) in [7, 11) is 0. The van der Waals surface area contributed by atoms with Crippen LogP contribution in [-0.2, 0) is 4.79 Å². The molecular formula is C18H15IN2O2S2. The molecule has 0 bridgehead atoms. The molecule has 128 valence electrons. The fourth-order valence-corrected chi connectivity index (χ4v) is 3.83. The first kappa shape index (κ1) is 18.3. The summed E-state index contributed by atoms with van der Waals surface area (Å²) in [4.78, 5) is 27.5. The fourth-order valence-electron chi connectivity index (χ4n) is 2.23. The fraction of sp³-hybridized carbons (Fsp3) is 0.111. The van der Waals surface area contributed by atoms with Gasteiger partial charge in [0.05, 0.1) is 11.6 Å². The molecule has 0 spiro atoms. The van der Waals surface area contributed by atoms with Gasteiger partial charge in [0, 0.05) is 14.2 Å². The number of anilines is 1. The van der Waals surface area contributed by atoms with E-state index in [9.17, 15) is 9.59 Å². The van der Waals surface area contributed by atoms with Crippen molar-refractivity contribution >= 4 is 69.0 Å². The Kier molecular flexibility index (Phi) is 6.08. The van der Waals surface area contributed by atoms with E-state index in [0.717, 1.165) is 31.5 Å². The van der Waals surface area contributed by atoms with Gasteiger partial charge in [-0.15, -0.1) is 11.8 Å². The van der Waals surface area contributed by atoms with Crippen LogP contribution in [0.2, 0.25) is 0 Å². The number of nitrogens with one attached hydrogen (secondary N) is 1. The minimum Gasteiger partial charge on any atom is -0.367 e. The molecule has 2 aromatic rings. The van der Waals surface area contributed by atoms with Crippen LogP contribution in [0.3, 0.4) is 0 Å². The molecule has 0 saturated carbocycles. The van der Waals surface area contributed by atoms with Crippen molar-refractivity contribution in [3.05, 3.63) is 62.6 Å². The number of thioether (sulfide) groups is 2. The third-order valence-electron chi connectivity index (χ3n) is 3.57. The first-order valence-corrected chi connectivity index (χ1v) is 10.6. The Balaban J connectivity index is 1.68. The molecule has 0 aliphatic carbocycles. The summed E-state index contributed by atoms with van der Waals surface area (Å²) in [5, 5.41) is 2.86. The van der Waals surface area contributed by atoms with Gasteiger partial charge in [-0.2, -0.15) is 0 Å². The van der Waals surface area contributed by atoms with Gasteiger partial charge < -0.3 is 5.32 Å². The second kappa shape index (κ2) is 8.29. The van der Waals surface area contributed by atoms with Crippen LogP contribution in [0.5, 0.6) is 0 Å². The zero-order valence-electron chi connectivity index (χ0n) is 13.4. The van der Waals surface area contributed by atoms with Gasteiger partial charge in [-0.3, -0.25) is 14.5 Å². The van der Waals surface area contributed by atoms with E-state index in [-0.39, 0.29) is 17.8 Å². The lowest BCUT2D eigenvalue weighted by molar-refractivity contribution is -0.122. The van der Waals surface area contributed by atoms with Crippen LogP contribution in [0, 0.1) is 3.57 Å². The van der Waals surface area contributed by atoms with Gasteiger partial charge in [0.25, 0.3) is 11.1 Å². The Morgan fingerprint density at radius 1 is 1.12 bits per heavy atom. The largest absolute Gasteiger partial charge is 0.367 e. The third-order valence-corrected chi connectivity index (χ3v) is 5.94. The van der Waals surface area contributed by atoms with Crippen molar-refractivity contribution in [1.82, 2.24) is 4.90 Å². The Morgan fingerprint density at radius 3 is 2.44 bits per heavy atom. The van der Waals surface area contributed by atoms with E-state index in [1.807, 2.05) is 54.8 Å². The quantitative estimate of drug-likeness (QED) is 0.364. The van der Waals surface area contributed by atoms with Gasteiger partial charge in [0.15, 0.2) is 0 Å². The van der Waals surface area contributed by atoms with E-state index in [2.05, 4.69) is 27.9 Å². The summed E-state index contributed by atoms with van der Waals surface area (Å²) in [6.45, 7) is 0.161. The molecule has 2 amide bonds. The Labute approximate surface area is 168 Å². The summed E-state index contributed by atoms with van der Waals surface area (Å²) < 4.78 is 1.13. The van der Waals surface area contributed by atoms with Gasteiger partial charge in [0.2, 0.25) is 0 Å². The molecule has 1 heterocycles. The summed E-state index contributed by atoms with van der Waals surface area (Å²) in [6, 6.07) is 15.7. The minimum absolute atomic E-state index is 0.161. The number of carbonyl (C=O) groups excluding carboxylic acids is 2. The summed E-state index contributed by atoms with van der Waals surface area (Å²) in [5.74, 6) is -0.262. The summed E-state index contributed by atoms with van der Waals surface area (Å²) in [6.07, 6.45) is 3.78. The van der Waals surface area contributed by atoms with Gasteiger partial charge in [-0.05, 0) is 88.6 Å². The SMILES string of the molecule is CSc1ccc(/C=C2/SC(=O)N(CNc3ccc(I)cc3)C2=O)cc1. The number of halogens is 1. The van der Waals surface area contributed by atoms with E-state index in [1.165, 1.54) is 4.90 Å². The zero-order chi connectivity index (χ0) is 17.8. The Bertz CT molecular complexity index is 820. The molecule has 1 saturated heterocycles. The van der Waals surface area contributed by atoms with E-state index in [4.69, 9.17) is 0 Å². The van der Waals surface area contributed by atoms with Crippen LogP contribution in [0.4, 0.5) is 10.5 Å². The zero-order valence-corrected chi connectivity index (χ0v) is 17.2. The summed E-state index contributed by atoms with van der Waals surface area (Å²) >= 11 is 4.87. The molecule has 0 unspecified atom stereocenters. The highest BCUT2D eigenvalue weighted by atomic mass is 127. The number of carbonyl (C=O) groups is 2. The van der Waals surface area contributed by atoms with Gasteiger partial charge in [-0.1, -0.05) is 12.1 Å². The molecule has 0 atom stereocenters. The van der Waals surface area contributed by atoms with Crippen LogP contribution >= 0.6 is 46.1 Å². The van der Waals surface area contributed by atoms with E-state index in [1.54, 1.807) is 17.8 Å². The van der Waals surface area contributed by atoms with Crippen molar-refractivity contribution in [2.75, 3.05) is 18.2 Å². The first-order chi connectivity index (χ1) is 12.1. The average molecular weight is 482 g/mol. The van der Waals surface area contributed by atoms with Crippen molar-refractivity contribution in [3.63, 3.8) is 0 Å². The number of amides is 2. The highest BCUT2D eigenvalue weighted by molar-refractivity contribution is 14.1. The third kappa shape index (κ3) is 4.59.